The SMILES string of the molecule is N#CC1=C(NC(=O)c2ccc3ccccc3c2)OCC1. The van der Waals surface area contributed by atoms with Gasteiger partial charge in [-0.3, -0.25) is 10.1 Å². The number of hydrogen-bond donors (Lipinski definition) is 1. The van der Waals surface area contributed by atoms with Crippen LogP contribution in [-0.4, -0.2) is 12.5 Å². The van der Waals surface area contributed by atoms with Gasteiger partial charge in [0.25, 0.3) is 5.91 Å². The second kappa shape index (κ2) is 5.06. The van der Waals surface area contributed by atoms with Gasteiger partial charge in [0, 0.05) is 12.0 Å². The normalized spacial score (nSPS) is 13.9. The first kappa shape index (κ1) is 12.2. The summed E-state index contributed by atoms with van der Waals surface area (Å²) in [5.74, 6) is 0.0195. The van der Waals surface area contributed by atoms with Crippen molar-refractivity contribution in [3.8, 4) is 6.07 Å². The molecule has 0 unspecified atom stereocenters. The lowest BCUT2D eigenvalue weighted by molar-refractivity contribution is 0.0930. The molecule has 0 saturated heterocycles. The molecule has 0 aromatic heterocycles. The van der Waals surface area contributed by atoms with Crippen LogP contribution in [0, 0.1) is 11.3 Å². The van der Waals surface area contributed by atoms with E-state index in [0.29, 0.717) is 24.2 Å². The van der Waals surface area contributed by atoms with E-state index in [4.69, 9.17) is 10.00 Å². The van der Waals surface area contributed by atoms with Crippen LogP contribution in [0.4, 0.5) is 0 Å². The van der Waals surface area contributed by atoms with Crippen LogP contribution in [0.1, 0.15) is 16.8 Å². The van der Waals surface area contributed by atoms with Gasteiger partial charge in [0.1, 0.15) is 6.07 Å². The van der Waals surface area contributed by atoms with Crippen LogP contribution >= 0.6 is 0 Å². The quantitative estimate of drug-likeness (QED) is 0.907. The third-order valence-electron chi connectivity index (χ3n) is 3.25. The van der Waals surface area contributed by atoms with Gasteiger partial charge in [-0.25, -0.2) is 0 Å². The first-order chi connectivity index (χ1) is 9.78. The number of nitrogens with one attached hydrogen (secondary N) is 1. The van der Waals surface area contributed by atoms with Crippen molar-refractivity contribution in [3.63, 3.8) is 0 Å². The van der Waals surface area contributed by atoms with Gasteiger partial charge in [0.2, 0.25) is 5.88 Å². The average molecular weight is 264 g/mol. The number of rotatable bonds is 2. The maximum atomic E-state index is 12.2. The first-order valence-corrected chi connectivity index (χ1v) is 6.34. The van der Waals surface area contributed by atoms with E-state index >= 15 is 0 Å². The minimum Gasteiger partial charge on any atom is -0.478 e. The highest BCUT2D eigenvalue weighted by Gasteiger charge is 2.18. The molecule has 1 amide bonds. The third-order valence-corrected chi connectivity index (χ3v) is 3.25. The predicted molar refractivity (Wildman–Crippen MR) is 74.6 cm³/mol. The molecule has 0 spiro atoms. The Morgan fingerprint density at radius 3 is 2.80 bits per heavy atom. The molecule has 1 N–H and O–H groups in total. The Balaban J connectivity index is 1.88. The van der Waals surface area contributed by atoms with Crippen molar-refractivity contribution < 1.29 is 9.53 Å². The van der Waals surface area contributed by atoms with Crippen molar-refractivity contribution in [1.82, 2.24) is 5.32 Å². The number of amides is 1. The van der Waals surface area contributed by atoms with Crippen molar-refractivity contribution in [3.05, 3.63) is 59.5 Å². The molecule has 4 nitrogen and oxygen atoms in total. The van der Waals surface area contributed by atoms with Crippen LogP contribution < -0.4 is 5.32 Å². The molecular formula is C16H12N2O2. The molecule has 0 radical (unpaired) electrons. The zero-order valence-corrected chi connectivity index (χ0v) is 10.7. The van der Waals surface area contributed by atoms with Crippen LogP contribution in [0.15, 0.2) is 53.9 Å². The van der Waals surface area contributed by atoms with Crippen molar-refractivity contribution in [2.45, 2.75) is 6.42 Å². The highest BCUT2D eigenvalue weighted by Crippen LogP contribution is 2.18. The molecule has 0 saturated carbocycles. The number of benzene rings is 2. The molecule has 1 heterocycles. The lowest BCUT2D eigenvalue weighted by Crippen LogP contribution is -2.23. The van der Waals surface area contributed by atoms with E-state index in [1.54, 1.807) is 6.07 Å². The Kier molecular flexibility index (Phi) is 3.10. The summed E-state index contributed by atoms with van der Waals surface area (Å²) in [5, 5.41) is 13.7. The van der Waals surface area contributed by atoms with Crippen LogP contribution in [0.25, 0.3) is 10.8 Å². The van der Waals surface area contributed by atoms with E-state index < -0.39 is 0 Å². The summed E-state index contributed by atoms with van der Waals surface area (Å²) in [4.78, 5) is 12.2. The minimum absolute atomic E-state index is 0.264. The van der Waals surface area contributed by atoms with Crippen molar-refractivity contribution >= 4 is 16.7 Å². The van der Waals surface area contributed by atoms with Crippen molar-refractivity contribution in [2.24, 2.45) is 0 Å². The molecule has 3 rings (SSSR count). The molecule has 4 heteroatoms. The highest BCUT2D eigenvalue weighted by molar-refractivity contribution is 5.99. The summed E-state index contributed by atoms with van der Waals surface area (Å²) >= 11 is 0. The van der Waals surface area contributed by atoms with Crippen LogP contribution in [0.5, 0.6) is 0 Å². The third kappa shape index (κ3) is 2.21. The van der Waals surface area contributed by atoms with Gasteiger partial charge in [-0.1, -0.05) is 30.3 Å². The molecule has 20 heavy (non-hydrogen) atoms. The number of carbonyl (C=O) groups excluding carboxylic acids is 1. The molecule has 0 atom stereocenters. The van der Waals surface area contributed by atoms with Gasteiger partial charge in [-0.05, 0) is 22.9 Å². The van der Waals surface area contributed by atoms with E-state index in [9.17, 15) is 4.79 Å². The fraction of sp³-hybridized carbons (Fsp3) is 0.125. The average Bonchev–Trinajstić information content (AvgIpc) is 2.94. The smallest absolute Gasteiger partial charge is 0.258 e. The van der Waals surface area contributed by atoms with E-state index in [1.165, 1.54) is 0 Å². The molecule has 0 aliphatic carbocycles. The maximum absolute atomic E-state index is 12.2. The summed E-state index contributed by atoms with van der Waals surface area (Å²) in [6.07, 6.45) is 0.545. The van der Waals surface area contributed by atoms with Gasteiger partial charge in [0.05, 0.1) is 12.2 Å². The molecule has 1 aliphatic rings. The van der Waals surface area contributed by atoms with Crippen LogP contribution in [0.2, 0.25) is 0 Å². The number of hydrogen-bond acceptors (Lipinski definition) is 3. The zero-order chi connectivity index (χ0) is 13.9. The second-order valence-electron chi connectivity index (χ2n) is 4.53. The summed E-state index contributed by atoms with van der Waals surface area (Å²) in [5.41, 5.74) is 1.03. The largest absolute Gasteiger partial charge is 0.478 e. The predicted octanol–water partition coefficient (Wildman–Crippen LogP) is 2.73. The Bertz CT molecular complexity index is 756. The van der Waals surface area contributed by atoms with Gasteiger partial charge < -0.3 is 4.74 Å². The van der Waals surface area contributed by atoms with Gasteiger partial charge >= 0.3 is 0 Å². The number of nitriles is 1. The standard InChI is InChI=1S/C16H12N2O2/c17-10-14-7-8-20-16(14)18-15(19)13-6-5-11-3-1-2-4-12(11)9-13/h1-6,9H,7-8H2,(H,18,19). The Labute approximate surface area is 116 Å². The Morgan fingerprint density at radius 2 is 2.00 bits per heavy atom. The molecule has 0 bridgehead atoms. The Morgan fingerprint density at radius 1 is 1.20 bits per heavy atom. The number of nitrogens with zero attached hydrogens (tertiary/aromatic N) is 1. The first-order valence-electron chi connectivity index (χ1n) is 6.34. The van der Waals surface area contributed by atoms with Gasteiger partial charge in [0.15, 0.2) is 0 Å². The molecule has 2 aromatic carbocycles. The van der Waals surface area contributed by atoms with Crippen LogP contribution in [0.3, 0.4) is 0 Å². The summed E-state index contributed by atoms with van der Waals surface area (Å²) in [6.45, 7) is 0.441. The fourth-order valence-electron chi connectivity index (χ4n) is 2.18. The second-order valence-corrected chi connectivity index (χ2v) is 4.53. The number of carbonyl (C=O) groups is 1. The zero-order valence-electron chi connectivity index (χ0n) is 10.7. The lowest BCUT2D eigenvalue weighted by Gasteiger charge is -2.07. The lowest BCUT2D eigenvalue weighted by atomic mass is 10.1. The Hall–Kier alpha value is -2.80. The van der Waals surface area contributed by atoms with Crippen molar-refractivity contribution in [1.29, 1.82) is 5.26 Å². The molecule has 0 fully saturated rings. The fourth-order valence-corrected chi connectivity index (χ4v) is 2.18. The summed E-state index contributed by atoms with van der Waals surface area (Å²) in [7, 11) is 0. The van der Waals surface area contributed by atoms with E-state index in [1.807, 2.05) is 42.5 Å². The minimum atomic E-state index is -0.264. The van der Waals surface area contributed by atoms with Gasteiger partial charge in [-0.15, -0.1) is 0 Å². The van der Waals surface area contributed by atoms with E-state index in [2.05, 4.69) is 5.32 Å². The highest BCUT2D eigenvalue weighted by atomic mass is 16.5. The molecule has 98 valence electrons. The van der Waals surface area contributed by atoms with Crippen molar-refractivity contribution in [2.75, 3.05) is 6.61 Å². The summed E-state index contributed by atoms with van der Waals surface area (Å²) in [6, 6.07) is 15.4. The summed E-state index contributed by atoms with van der Waals surface area (Å²) < 4.78 is 5.26. The molecule has 2 aromatic rings. The molecule has 1 aliphatic heterocycles. The van der Waals surface area contributed by atoms with E-state index in [0.717, 1.165) is 10.8 Å². The molecular weight excluding hydrogens is 252 g/mol. The topological polar surface area (TPSA) is 62.1 Å². The van der Waals surface area contributed by atoms with Crippen LogP contribution in [-0.2, 0) is 4.74 Å². The maximum Gasteiger partial charge on any atom is 0.258 e. The van der Waals surface area contributed by atoms with Gasteiger partial charge in [-0.2, -0.15) is 5.26 Å². The number of ether oxygens (including phenoxy) is 1. The van der Waals surface area contributed by atoms with E-state index in [-0.39, 0.29) is 11.8 Å². The monoisotopic (exact) mass is 264 g/mol. The number of fused-ring (bicyclic) bond motifs is 1.